The number of methoxy groups -OCH3 is 2. The normalized spacial score (nSPS) is 14.8. The maximum absolute atomic E-state index is 11.7. The average molecular weight is 287 g/mol. The van der Waals surface area contributed by atoms with E-state index in [1.54, 1.807) is 46.4 Å². The molecule has 1 rings (SSSR count). The Kier molecular flexibility index (Phi) is 5.20. The molecule has 2 atom stereocenters. The second-order valence-electron chi connectivity index (χ2n) is 4.41. The molecular formula is C13H21NO4S. The van der Waals surface area contributed by atoms with Crippen LogP contribution in [0, 0.1) is 0 Å². The van der Waals surface area contributed by atoms with Gasteiger partial charge in [0, 0.05) is 11.8 Å². The SMILES string of the molecule is CNC(c1cc(OC)ccc1OC)C(C)S(C)(=O)=O. The fourth-order valence-electron chi connectivity index (χ4n) is 1.97. The van der Waals surface area contributed by atoms with Gasteiger partial charge in [-0.15, -0.1) is 0 Å². The third-order valence-electron chi connectivity index (χ3n) is 3.23. The van der Waals surface area contributed by atoms with Crippen LogP contribution in [0.1, 0.15) is 18.5 Å². The van der Waals surface area contributed by atoms with Crippen molar-refractivity contribution in [3.05, 3.63) is 23.8 Å². The molecule has 0 heterocycles. The molecule has 0 saturated heterocycles. The summed E-state index contributed by atoms with van der Waals surface area (Å²) >= 11 is 0. The van der Waals surface area contributed by atoms with Crippen LogP contribution in [0.15, 0.2) is 18.2 Å². The van der Waals surface area contributed by atoms with E-state index in [1.807, 2.05) is 0 Å². The molecule has 0 radical (unpaired) electrons. The topological polar surface area (TPSA) is 64.6 Å². The molecule has 1 N–H and O–H groups in total. The largest absolute Gasteiger partial charge is 0.497 e. The highest BCUT2D eigenvalue weighted by atomic mass is 32.2. The summed E-state index contributed by atoms with van der Waals surface area (Å²) in [5.74, 6) is 1.30. The molecule has 0 aliphatic rings. The van der Waals surface area contributed by atoms with E-state index in [0.29, 0.717) is 11.5 Å². The van der Waals surface area contributed by atoms with E-state index in [9.17, 15) is 8.42 Å². The van der Waals surface area contributed by atoms with Crippen LogP contribution in [0.2, 0.25) is 0 Å². The second kappa shape index (κ2) is 6.25. The fraction of sp³-hybridized carbons (Fsp3) is 0.538. The van der Waals surface area contributed by atoms with Gasteiger partial charge in [0.1, 0.15) is 11.5 Å². The standard InChI is InChI=1S/C13H21NO4S/c1-9(19(5,15)16)13(14-2)11-8-10(17-3)6-7-12(11)18-4/h6-9,13-14H,1-5H3. The van der Waals surface area contributed by atoms with E-state index in [4.69, 9.17) is 9.47 Å². The van der Waals surface area contributed by atoms with E-state index in [1.165, 1.54) is 6.26 Å². The summed E-state index contributed by atoms with van der Waals surface area (Å²) in [6.07, 6.45) is 1.23. The molecule has 0 fully saturated rings. The first-order valence-electron chi connectivity index (χ1n) is 5.93. The van der Waals surface area contributed by atoms with Gasteiger partial charge in [0.2, 0.25) is 0 Å². The highest BCUT2D eigenvalue weighted by molar-refractivity contribution is 7.91. The van der Waals surface area contributed by atoms with Crippen molar-refractivity contribution in [2.45, 2.75) is 18.2 Å². The lowest BCUT2D eigenvalue weighted by atomic mass is 10.0. The van der Waals surface area contributed by atoms with Crippen LogP contribution in [0.4, 0.5) is 0 Å². The molecule has 0 aliphatic carbocycles. The van der Waals surface area contributed by atoms with Gasteiger partial charge in [-0.2, -0.15) is 0 Å². The first-order chi connectivity index (χ1) is 8.85. The predicted molar refractivity (Wildman–Crippen MR) is 75.7 cm³/mol. The Morgan fingerprint density at radius 1 is 1.21 bits per heavy atom. The molecule has 5 nitrogen and oxygen atoms in total. The van der Waals surface area contributed by atoms with Gasteiger partial charge in [0.15, 0.2) is 9.84 Å². The molecule has 0 amide bonds. The first-order valence-corrected chi connectivity index (χ1v) is 7.88. The lowest BCUT2D eigenvalue weighted by Crippen LogP contribution is -2.33. The highest BCUT2D eigenvalue weighted by Gasteiger charge is 2.28. The zero-order valence-corrected chi connectivity index (χ0v) is 12.7. The van der Waals surface area contributed by atoms with Crippen LogP contribution in [-0.2, 0) is 9.84 Å². The third kappa shape index (κ3) is 3.61. The third-order valence-corrected chi connectivity index (χ3v) is 4.85. The van der Waals surface area contributed by atoms with Crippen molar-refractivity contribution < 1.29 is 17.9 Å². The highest BCUT2D eigenvalue weighted by Crippen LogP contribution is 2.32. The molecule has 0 saturated carbocycles. The van der Waals surface area contributed by atoms with Crippen LogP contribution in [0.25, 0.3) is 0 Å². The number of sulfone groups is 1. The molecular weight excluding hydrogens is 266 g/mol. The maximum Gasteiger partial charge on any atom is 0.151 e. The Hall–Kier alpha value is -1.27. The van der Waals surface area contributed by atoms with Crippen molar-refractivity contribution in [3.8, 4) is 11.5 Å². The van der Waals surface area contributed by atoms with Crippen LogP contribution in [0.5, 0.6) is 11.5 Å². The molecule has 0 spiro atoms. The van der Waals surface area contributed by atoms with E-state index < -0.39 is 15.1 Å². The number of benzene rings is 1. The molecule has 0 aliphatic heterocycles. The summed E-state index contributed by atoms with van der Waals surface area (Å²) in [6.45, 7) is 1.68. The van der Waals surface area contributed by atoms with Crippen LogP contribution < -0.4 is 14.8 Å². The van der Waals surface area contributed by atoms with Crippen LogP contribution in [-0.4, -0.2) is 41.2 Å². The Morgan fingerprint density at radius 2 is 1.84 bits per heavy atom. The Bertz CT molecular complexity index is 527. The molecule has 0 bridgehead atoms. The van der Waals surface area contributed by atoms with Gasteiger partial charge in [0.05, 0.1) is 25.5 Å². The number of ether oxygens (including phenoxy) is 2. The van der Waals surface area contributed by atoms with Crippen molar-refractivity contribution >= 4 is 9.84 Å². The molecule has 0 aromatic heterocycles. The second-order valence-corrected chi connectivity index (χ2v) is 6.81. The quantitative estimate of drug-likeness (QED) is 0.856. The Balaban J connectivity index is 3.31. The summed E-state index contributed by atoms with van der Waals surface area (Å²) in [7, 11) is 1.69. The molecule has 108 valence electrons. The summed E-state index contributed by atoms with van der Waals surface area (Å²) in [6, 6.07) is 4.98. The van der Waals surface area contributed by atoms with Gasteiger partial charge >= 0.3 is 0 Å². The van der Waals surface area contributed by atoms with Gasteiger partial charge in [0.25, 0.3) is 0 Å². The van der Waals surface area contributed by atoms with E-state index in [2.05, 4.69) is 5.32 Å². The van der Waals surface area contributed by atoms with Crippen molar-refractivity contribution in [2.75, 3.05) is 27.5 Å². The van der Waals surface area contributed by atoms with Crippen molar-refractivity contribution in [3.63, 3.8) is 0 Å². The van der Waals surface area contributed by atoms with Gasteiger partial charge in [-0.05, 0) is 32.2 Å². The van der Waals surface area contributed by atoms with Crippen molar-refractivity contribution in [1.29, 1.82) is 0 Å². The minimum absolute atomic E-state index is 0.361. The molecule has 2 unspecified atom stereocenters. The van der Waals surface area contributed by atoms with Gasteiger partial charge < -0.3 is 14.8 Å². The minimum atomic E-state index is -3.17. The van der Waals surface area contributed by atoms with Gasteiger partial charge in [-0.3, -0.25) is 0 Å². The summed E-state index contributed by atoms with van der Waals surface area (Å²) in [5, 5.41) is 2.47. The first kappa shape index (κ1) is 15.8. The lowest BCUT2D eigenvalue weighted by Gasteiger charge is -2.24. The smallest absolute Gasteiger partial charge is 0.151 e. The van der Waals surface area contributed by atoms with Crippen molar-refractivity contribution in [2.24, 2.45) is 0 Å². The molecule has 1 aromatic rings. The lowest BCUT2D eigenvalue weighted by molar-refractivity contribution is 0.390. The number of hydrogen-bond donors (Lipinski definition) is 1. The van der Waals surface area contributed by atoms with Crippen molar-refractivity contribution in [1.82, 2.24) is 5.32 Å². The summed E-state index contributed by atoms with van der Waals surface area (Å²) in [5.41, 5.74) is 0.766. The zero-order chi connectivity index (χ0) is 14.6. The minimum Gasteiger partial charge on any atom is -0.497 e. The van der Waals surface area contributed by atoms with E-state index in [0.717, 1.165) is 5.56 Å². The molecule has 19 heavy (non-hydrogen) atoms. The molecule has 1 aromatic carbocycles. The zero-order valence-electron chi connectivity index (χ0n) is 11.9. The number of rotatable bonds is 6. The number of hydrogen-bond acceptors (Lipinski definition) is 5. The Labute approximate surface area is 114 Å². The van der Waals surface area contributed by atoms with Gasteiger partial charge in [-0.1, -0.05) is 0 Å². The predicted octanol–water partition coefficient (Wildman–Crippen LogP) is 1.40. The number of nitrogens with one attached hydrogen (secondary N) is 1. The summed E-state index contributed by atoms with van der Waals surface area (Å²) < 4.78 is 34.0. The fourth-order valence-corrected chi connectivity index (χ4v) is 2.75. The molecule has 6 heteroatoms. The van der Waals surface area contributed by atoms with Crippen LogP contribution in [0.3, 0.4) is 0 Å². The Morgan fingerprint density at radius 3 is 2.26 bits per heavy atom. The average Bonchev–Trinajstić information content (AvgIpc) is 2.38. The maximum atomic E-state index is 11.7. The van der Waals surface area contributed by atoms with E-state index in [-0.39, 0.29) is 6.04 Å². The van der Waals surface area contributed by atoms with Gasteiger partial charge in [-0.25, -0.2) is 8.42 Å². The van der Waals surface area contributed by atoms with Crippen LogP contribution >= 0.6 is 0 Å². The van der Waals surface area contributed by atoms with E-state index >= 15 is 0 Å². The monoisotopic (exact) mass is 287 g/mol. The summed E-state index contributed by atoms with van der Waals surface area (Å²) in [4.78, 5) is 0.